The highest BCUT2D eigenvalue weighted by molar-refractivity contribution is 9.10. The van der Waals surface area contributed by atoms with E-state index in [0.29, 0.717) is 9.37 Å². The molecular weight excluding hydrogens is 379 g/mol. The molecule has 0 aliphatic rings. The Kier molecular flexibility index (Phi) is 4.88. The average Bonchev–Trinajstić information content (AvgIpc) is 2.42. The monoisotopic (exact) mass is 386 g/mol. The maximum Gasteiger partial charge on any atom is 0.262 e. The lowest BCUT2D eigenvalue weighted by molar-refractivity contribution is 0.598. The first-order valence-electron chi connectivity index (χ1n) is 5.56. The van der Waals surface area contributed by atoms with Gasteiger partial charge in [-0.25, -0.2) is 12.8 Å². The Morgan fingerprint density at radius 1 is 1.24 bits per heavy atom. The minimum atomic E-state index is -3.88. The van der Waals surface area contributed by atoms with Gasteiger partial charge >= 0.3 is 0 Å². The van der Waals surface area contributed by atoms with Crippen LogP contribution in [0.4, 0.5) is 10.1 Å². The van der Waals surface area contributed by atoms with Crippen molar-refractivity contribution in [2.24, 2.45) is 0 Å². The maximum atomic E-state index is 13.8. The lowest BCUT2D eigenvalue weighted by Gasteiger charge is -2.09. The minimum absolute atomic E-state index is 0.0201. The number of nitrogens with zero attached hydrogens (tertiary/aromatic N) is 1. The van der Waals surface area contributed by atoms with Gasteiger partial charge in [0.1, 0.15) is 11.2 Å². The third-order valence-corrected chi connectivity index (χ3v) is 4.89. The van der Waals surface area contributed by atoms with Crippen LogP contribution in [0, 0.1) is 16.5 Å². The molecule has 108 valence electrons. The van der Waals surface area contributed by atoms with Crippen LogP contribution in [0.15, 0.2) is 56.7 Å². The van der Waals surface area contributed by atoms with Gasteiger partial charge in [0.25, 0.3) is 10.0 Å². The summed E-state index contributed by atoms with van der Waals surface area (Å²) in [6, 6.07) is 9.94. The fraction of sp³-hybridized carbons (Fsp3) is 0. The van der Waals surface area contributed by atoms with Crippen molar-refractivity contribution in [1.82, 2.24) is 0 Å². The fourth-order valence-corrected chi connectivity index (χ4v) is 3.60. The van der Waals surface area contributed by atoms with E-state index in [4.69, 9.17) is 5.26 Å². The first-order chi connectivity index (χ1) is 9.92. The van der Waals surface area contributed by atoms with Crippen LogP contribution in [-0.2, 0) is 10.0 Å². The van der Waals surface area contributed by atoms with E-state index in [1.54, 1.807) is 12.1 Å². The molecule has 0 heterocycles. The van der Waals surface area contributed by atoms with Gasteiger partial charge in [-0.2, -0.15) is 5.26 Å². The quantitative estimate of drug-likeness (QED) is 0.637. The number of rotatable bonds is 4. The number of thiocyanates is 1. The van der Waals surface area contributed by atoms with E-state index in [2.05, 4.69) is 20.7 Å². The summed E-state index contributed by atoms with van der Waals surface area (Å²) in [7, 11) is -3.88. The summed E-state index contributed by atoms with van der Waals surface area (Å²) in [4.78, 5) is 0.423. The van der Waals surface area contributed by atoms with Gasteiger partial charge < -0.3 is 0 Å². The number of benzene rings is 2. The molecule has 4 nitrogen and oxygen atoms in total. The molecule has 0 unspecified atom stereocenters. The van der Waals surface area contributed by atoms with Gasteiger partial charge in [-0.3, -0.25) is 4.72 Å². The van der Waals surface area contributed by atoms with E-state index < -0.39 is 15.8 Å². The van der Waals surface area contributed by atoms with Crippen LogP contribution in [0.3, 0.4) is 0 Å². The average molecular weight is 387 g/mol. The molecule has 0 aliphatic carbocycles. The van der Waals surface area contributed by atoms with Crippen molar-refractivity contribution in [2.45, 2.75) is 9.79 Å². The number of hydrogen-bond acceptors (Lipinski definition) is 4. The molecule has 1 N–H and O–H groups in total. The molecule has 0 aliphatic heterocycles. The number of hydrogen-bond donors (Lipinski definition) is 1. The molecule has 0 fully saturated rings. The number of nitrogens with one attached hydrogen (secondary N) is 1. The summed E-state index contributed by atoms with van der Waals surface area (Å²) < 4.78 is 40.9. The Balaban J connectivity index is 2.31. The van der Waals surface area contributed by atoms with Crippen LogP contribution >= 0.6 is 27.7 Å². The third-order valence-electron chi connectivity index (χ3n) is 2.45. The van der Waals surface area contributed by atoms with Crippen LogP contribution in [0.1, 0.15) is 0 Å². The summed E-state index contributed by atoms with van der Waals surface area (Å²) >= 11 is 3.98. The lowest BCUT2D eigenvalue weighted by Crippen LogP contribution is -2.13. The van der Waals surface area contributed by atoms with Gasteiger partial charge in [-0.05, 0) is 48.2 Å². The number of nitriles is 1. The molecule has 0 aromatic heterocycles. The second kappa shape index (κ2) is 6.47. The number of thioether (sulfide) groups is 1. The summed E-state index contributed by atoms with van der Waals surface area (Å²) in [5.41, 5.74) is -0.169. The molecule has 0 saturated carbocycles. The molecule has 0 bridgehead atoms. The van der Waals surface area contributed by atoms with E-state index in [1.165, 1.54) is 24.3 Å². The highest BCUT2D eigenvalue weighted by atomic mass is 79.9. The highest BCUT2D eigenvalue weighted by Gasteiger charge is 2.16. The molecule has 0 saturated heterocycles. The number of halogens is 2. The van der Waals surface area contributed by atoms with Crippen LogP contribution < -0.4 is 4.72 Å². The molecule has 2 aromatic carbocycles. The van der Waals surface area contributed by atoms with Gasteiger partial charge in [-0.15, -0.1) is 0 Å². The van der Waals surface area contributed by atoms with Crippen molar-refractivity contribution in [3.05, 3.63) is 52.8 Å². The topological polar surface area (TPSA) is 70.0 Å². The van der Waals surface area contributed by atoms with E-state index in [1.807, 2.05) is 5.40 Å². The van der Waals surface area contributed by atoms with Gasteiger partial charge in [0.15, 0.2) is 0 Å². The Bertz CT molecular complexity index is 819. The molecular formula is C13H8BrFN2O2S2. The Morgan fingerprint density at radius 3 is 2.62 bits per heavy atom. The zero-order valence-corrected chi connectivity index (χ0v) is 13.6. The zero-order chi connectivity index (χ0) is 15.5. The standard InChI is InChI=1S/C13H8BrFN2O2S2/c14-9-2-1-3-11(6-9)21(18,19)17-13-5-4-10(20-8-16)7-12(13)15/h1-7,17H. The largest absolute Gasteiger partial charge is 0.277 e. The van der Waals surface area contributed by atoms with Gasteiger partial charge in [0.05, 0.1) is 10.6 Å². The van der Waals surface area contributed by atoms with Crippen molar-refractivity contribution in [1.29, 1.82) is 5.26 Å². The molecule has 0 spiro atoms. The molecule has 21 heavy (non-hydrogen) atoms. The number of sulfonamides is 1. The predicted molar refractivity (Wildman–Crippen MR) is 82.8 cm³/mol. The summed E-state index contributed by atoms with van der Waals surface area (Å²) in [6.45, 7) is 0. The van der Waals surface area contributed by atoms with Crippen molar-refractivity contribution in [3.63, 3.8) is 0 Å². The first kappa shape index (κ1) is 15.8. The smallest absolute Gasteiger partial charge is 0.262 e. The summed E-state index contributed by atoms with van der Waals surface area (Å²) in [6.07, 6.45) is 0. The Morgan fingerprint density at radius 2 is 2.00 bits per heavy atom. The summed E-state index contributed by atoms with van der Waals surface area (Å²) in [5, 5.41) is 10.3. The fourth-order valence-electron chi connectivity index (χ4n) is 1.53. The van der Waals surface area contributed by atoms with Crippen LogP contribution in [-0.4, -0.2) is 8.42 Å². The van der Waals surface area contributed by atoms with Crippen molar-refractivity contribution < 1.29 is 12.8 Å². The van der Waals surface area contributed by atoms with Crippen LogP contribution in [0.2, 0.25) is 0 Å². The molecule has 2 rings (SSSR count). The molecule has 0 amide bonds. The first-order valence-corrected chi connectivity index (χ1v) is 8.65. The SMILES string of the molecule is N#CSc1ccc(NS(=O)(=O)c2cccc(Br)c2)c(F)c1. The Hall–Kier alpha value is -1.56. The lowest BCUT2D eigenvalue weighted by atomic mass is 10.3. The van der Waals surface area contributed by atoms with E-state index in [9.17, 15) is 12.8 Å². The second-order valence-electron chi connectivity index (χ2n) is 3.90. The van der Waals surface area contributed by atoms with Gasteiger partial charge in [0, 0.05) is 9.37 Å². The third kappa shape index (κ3) is 3.97. The van der Waals surface area contributed by atoms with Gasteiger partial charge in [-0.1, -0.05) is 22.0 Å². The van der Waals surface area contributed by atoms with Crippen LogP contribution in [0.5, 0.6) is 0 Å². The normalized spacial score (nSPS) is 10.9. The van der Waals surface area contributed by atoms with E-state index >= 15 is 0 Å². The van der Waals surface area contributed by atoms with E-state index in [-0.39, 0.29) is 10.6 Å². The molecule has 0 radical (unpaired) electrons. The van der Waals surface area contributed by atoms with Gasteiger partial charge in [0.2, 0.25) is 0 Å². The van der Waals surface area contributed by atoms with Crippen LogP contribution in [0.25, 0.3) is 0 Å². The predicted octanol–water partition coefficient (Wildman–Crippen LogP) is 3.96. The number of anilines is 1. The second-order valence-corrected chi connectivity index (χ2v) is 7.35. The highest BCUT2D eigenvalue weighted by Crippen LogP contribution is 2.25. The molecule has 0 atom stereocenters. The van der Waals surface area contributed by atoms with Crippen molar-refractivity contribution in [2.75, 3.05) is 4.72 Å². The zero-order valence-electron chi connectivity index (χ0n) is 10.4. The minimum Gasteiger partial charge on any atom is -0.277 e. The molecule has 2 aromatic rings. The van der Waals surface area contributed by atoms with Crippen molar-refractivity contribution >= 4 is 43.4 Å². The van der Waals surface area contributed by atoms with Crippen molar-refractivity contribution in [3.8, 4) is 5.40 Å². The molecule has 8 heteroatoms. The summed E-state index contributed by atoms with van der Waals surface area (Å²) in [5.74, 6) is -0.742. The van der Waals surface area contributed by atoms with E-state index in [0.717, 1.165) is 17.8 Å². The Labute approximate surface area is 134 Å². The maximum absolute atomic E-state index is 13.8.